The quantitative estimate of drug-likeness (QED) is 0.288. The van der Waals surface area contributed by atoms with Gasteiger partial charge in [-0.05, 0) is 55.5 Å². The zero-order chi connectivity index (χ0) is 26.4. The SMILES string of the molecule is CCOCCOc1nc(-c2ccco2)n(-c2cccc(NC(=O)c3ccc(OC)c(C(F)(F)F)c3)c2)n1. The first kappa shape index (κ1) is 25.8. The van der Waals surface area contributed by atoms with E-state index in [1.807, 2.05) is 6.92 Å². The van der Waals surface area contributed by atoms with Crippen LogP contribution in [-0.4, -0.2) is 47.6 Å². The van der Waals surface area contributed by atoms with Crippen molar-refractivity contribution in [3.8, 4) is 29.0 Å². The molecule has 2 aromatic carbocycles. The van der Waals surface area contributed by atoms with E-state index < -0.39 is 17.6 Å². The van der Waals surface area contributed by atoms with Gasteiger partial charge in [0.15, 0.2) is 5.76 Å². The fraction of sp³-hybridized carbons (Fsp3) is 0.240. The molecular formula is C25H23F3N4O5. The number of ether oxygens (including phenoxy) is 3. The van der Waals surface area contributed by atoms with Gasteiger partial charge in [-0.2, -0.15) is 18.2 Å². The summed E-state index contributed by atoms with van der Waals surface area (Å²) >= 11 is 0. The molecule has 4 aromatic rings. The minimum atomic E-state index is -4.68. The van der Waals surface area contributed by atoms with E-state index in [-0.39, 0.29) is 23.9 Å². The summed E-state index contributed by atoms with van der Waals surface area (Å²) in [6, 6.07) is 13.2. The second-order valence-corrected chi connectivity index (χ2v) is 7.57. The van der Waals surface area contributed by atoms with Crippen molar-refractivity contribution in [2.24, 2.45) is 0 Å². The molecule has 0 aliphatic rings. The molecule has 0 fully saturated rings. The lowest BCUT2D eigenvalue weighted by Gasteiger charge is -2.14. The van der Waals surface area contributed by atoms with Crippen LogP contribution < -0.4 is 14.8 Å². The van der Waals surface area contributed by atoms with Gasteiger partial charge in [0.1, 0.15) is 12.4 Å². The molecule has 0 radical (unpaired) electrons. The van der Waals surface area contributed by atoms with Crippen LogP contribution in [0.1, 0.15) is 22.8 Å². The number of carbonyl (C=O) groups excluding carboxylic acids is 1. The molecule has 37 heavy (non-hydrogen) atoms. The third kappa shape index (κ3) is 6.09. The number of carbonyl (C=O) groups is 1. The van der Waals surface area contributed by atoms with Gasteiger partial charge in [0.25, 0.3) is 5.91 Å². The van der Waals surface area contributed by atoms with Crippen LogP contribution in [-0.2, 0) is 10.9 Å². The number of alkyl halides is 3. The first-order valence-electron chi connectivity index (χ1n) is 11.2. The van der Waals surface area contributed by atoms with Gasteiger partial charge in [-0.25, -0.2) is 4.68 Å². The number of rotatable bonds is 10. The number of anilines is 1. The minimum absolute atomic E-state index is 0.0958. The Morgan fingerprint density at radius 3 is 2.65 bits per heavy atom. The van der Waals surface area contributed by atoms with Crippen LogP contribution in [0.4, 0.5) is 18.9 Å². The van der Waals surface area contributed by atoms with Crippen LogP contribution in [0.15, 0.2) is 65.3 Å². The second-order valence-electron chi connectivity index (χ2n) is 7.57. The van der Waals surface area contributed by atoms with E-state index in [1.165, 1.54) is 17.0 Å². The predicted octanol–water partition coefficient (Wildman–Crippen LogP) is 5.22. The fourth-order valence-electron chi connectivity index (χ4n) is 3.43. The third-order valence-corrected chi connectivity index (χ3v) is 5.11. The van der Waals surface area contributed by atoms with Crippen LogP contribution in [0.2, 0.25) is 0 Å². The normalized spacial score (nSPS) is 11.4. The number of furan rings is 1. The molecule has 4 rings (SSSR count). The molecule has 0 atom stereocenters. The highest BCUT2D eigenvalue weighted by molar-refractivity contribution is 6.04. The number of nitrogens with zero attached hydrogens (tertiary/aromatic N) is 3. The highest BCUT2D eigenvalue weighted by atomic mass is 19.4. The summed E-state index contributed by atoms with van der Waals surface area (Å²) in [5.74, 6) is -0.318. The van der Waals surface area contributed by atoms with Crippen molar-refractivity contribution in [3.05, 3.63) is 72.0 Å². The Bertz CT molecular complexity index is 1350. The molecule has 0 bridgehead atoms. The van der Waals surface area contributed by atoms with Crippen LogP contribution in [0, 0.1) is 0 Å². The molecule has 0 saturated carbocycles. The zero-order valence-electron chi connectivity index (χ0n) is 19.9. The molecule has 0 unspecified atom stereocenters. The maximum absolute atomic E-state index is 13.4. The topological polar surface area (TPSA) is 101 Å². The van der Waals surface area contributed by atoms with Crippen molar-refractivity contribution < 1.29 is 36.6 Å². The van der Waals surface area contributed by atoms with Gasteiger partial charge in [-0.15, -0.1) is 5.10 Å². The molecule has 0 spiro atoms. The Morgan fingerprint density at radius 2 is 1.95 bits per heavy atom. The molecule has 0 aliphatic carbocycles. The standard InChI is InChI=1S/C25H23F3N4O5/c1-3-35-12-13-37-24-30-22(21-8-5-11-36-21)32(31-24)18-7-4-6-17(15-18)29-23(33)16-9-10-20(34-2)19(14-16)25(26,27)28/h4-11,14-15H,3,12-13H2,1-2H3,(H,29,33). The number of nitrogens with one attached hydrogen (secondary N) is 1. The molecule has 2 heterocycles. The van der Waals surface area contributed by atoms with Gasteiger partial charge in [0.2, 0.25) is 5.82 Å². The summed E-state index contributed by atoms with van der Waals surface area (Å²) in [4.78, 5) is 17.2. The monoisotopic (exact) mass is 516 g/mol. The maximum atomic E-state index is 13.4. The van der Waals surface area contributed by atoms with E-state index in [9.17, 15) is 18.0 Å². The fourth-order valence-corrected chi connectivity index (χ4v) is 3.43. The van der Waals surface area contributed by atoms with Crippen molar-refractivity contribution in [2.45, 2.75) is 13.1 Å². The van der Waals surface area contributed by atoms with Gasteiger partial charge in [0.05, 0.1) is 31.2 Å². The molecule has 2 aromatic heterocycles. The Labute approximate surface area is 209 Å². The van der Waals surface area contributed by atoms with Crippen LogP contribution >= 0.6 is 0 Å². The third-order valence-electron chi connectivity index (χ3n) is 5.11. The van der Waals surface area contributed by atoms with E-state index in [2.05, 4.69) is 15.4 Å². The van der Waals surface area contributed by atoms with Gasteiger partial charge in [-0.1, -0.05) is 6.07 Å². The van der Waals surface area contributed by atoms with Crippen LogP contribution in [0.3, 0.4) is 0 Å². The molecule has 12 heteroatoms. The van der Waals surface area contributed by atoms with Crippen molar-refractivity contribution in [3.63, 3.8) is 0 Å². The summed E-state index contributed by atoms with van der Waals surface area (Å²) in [6.07, 6.45) is -3.19. The van der Waals surface area contributed by atoms with Gasteiger partial charge < -0.3 is 23.9 Å². The molecule has 194 valence electrons. The highest BCUT2D eigenvalue weighted by Gasteiger charge is 2.35. The summed E-state index contributed by atoms with van der Waals surface area (Å²) in [5.41, 5.74) is -0.395. The number of halogens is 3. The highest BCUT2D eigenvalue weighted by Crippen LogP contribution is 2.37. The van der Waals surface area contributed by atoms with Crippen molar-refractivity contribution in [1.29, 1.82) is 0 Å². The lowest BCUT2D eigenvalue weighted by atomic mass is 10.1. The number of aromatic nitrogens is 3. The number of methoxy groups -OCH3 is 1. The van der Waals surface area contributed by atoms with E-state index in [0.717, 1.165) is 19.2 Å². The Kier molecular flexibility index (Phi) is 7.77. The molecule has 0 saturated heterocycles. The summed E-state index contributed by atoms with van der Waals surface area (Å²) in [6.45, 7) is 3.03. The maximum Gasteiger partial charge on any atom is 0.419 e. The lowest BCUT2D eigenvalue weighted by Crippen LogP contribution is -2.15. The predicted molar refractivity (Wildman–Crippen MR) is 127 cm³/mol. The van der Waals surface area contributed by atoms with E-state index >= 15 is 0 Å². The van der Waals surface area contributed by atoms with Crippen molar-refractivity contribution in [2.75, 3.05) is 32.2 Å². The van der Waals surface area contributed by atoms with E-state index in [1.54, 1.807) is 36.4 Å². The average molecular weight is 516 g/mol. The van der Waals surface area contributed by atoms with Crippen molar-refractivity contribution in [1.82, 2.24) is 14.8 Å². The van der Waals surface area contributed by atoms with Crippen LogP contribution in [0.5, 0.6) is 11.8 Å². The van der Waals surface area contributed by atoms with E-state index in [4.69, 9.17) is 18.6 Å². The first-order chi connectivity index (χ1) is 17.8. The molecule has 1 N–H and O–H groups in total. The zero-order valence-corrected chi connectivity index (χ0v) is 19.9. The number of hydrogen-bond donors (Lipinski definition) is 1. The number of benzene rings is 2. The van der Waals surface area contributed by atoms with Gasteiger partial charge in [0, 0.05) is 17.9 Å². The second kappa shape index (κ2) is 11.2. The van der Waals surface area contributed by atoms with Gasteiger partial charge in [-0.3, -0.25) is 4.79 Å². The smallest absolute Gasteiger partial charge is 0.419 e. The molecular weight excluding hydrogens is 493 g/mol. The Morgan fingerprint density at radius 1 is 1.11 bits per heavy atom. The minimum Gasteiger partial charge on any atom is -0.496 e. The Balaban J connectivity index is 1.60. The first-order valence-corrected chi connectivity index (χ1v) is 11.2. The Hall–Kier alpha value is -4.32. The molecule has 1 amide bonds. The molecule has 0 aliphatic heterocycles. The summed E-state index contributed by atoms with van der Waals surface area (Å²) < 4.78 is 62.7. The number of amides is 1. The summed E-state index contributed by atoms with van der Waals surface area (Å²) in [7, 11) is 1.13. The summed E-state index contributed by atoms with van der Waals surface area (Å²) in [5, 5.41) is 7.00. The largest absolute Gasteiger partial charge is 0.496 e. The lowest BCUT2D eigenvalue weighted by molar-refractivity contribution is -0.138. The molecule has 9 nitrogen and oxygen atoms in total. The number of hydrogen-bond acceptors (Lipinski definition) is 7. The average Bonchev–Trinajstić information content (AvgIpc) is 3.56. The van der Waals surface area contributed by atoms with Crippen LogP contribution in [0.25, 0.3) is 17.3 Å². The van der Waals surface area contributed by atoms with Gasteiger partial charge >= 0.3 is 12.2 Å². The van der Waals surface area contributed by atoms with Crippen molar-refractivity contribution >= 4 is 11.6 Å². The van der Waals surface area contributed by atoms with E-state index in [0.29, 0.717) is 36.2 Å².